The molecule has 5 heteroatoms. The first-order chi connectivity index (χ1) is 15.1. The van der Waals surface area contributed by atoms with E-state index in [0.29, 0.717) is 11.3 Å². The highest BCUT2D eigenvalue weighted by atomic mass is 16.3. The van der Waals surface area contributed by atoms with Crippen LogP contribution in [0.15, 0.2) is 102 Å². The fourth-order valence-corrected chi connectivity index (χ4v) is 3.35. The Hall–Kier alpha value is -4.12. The third kappa shape index (κ3) is 4.73. The molecule has 5 nitrogen and oxygen atoms in total. The number of carbonyl (C=O) groups excluding carboxylic acids is 2. The largest absolute Gasteiger partial charge is 0.459 e. The summed E-state index contributed by atoms with van der Waals surface area (Å²) >= 11 is 0. The predicted octanol–water partition coefficient (Wildman–Crippen LogP) is 5.36. The molecule has 0 fully saturated rings. The molecule has 1 aromatic heterocycles. The minimum atomic E-state index is -0.414. The number of anilines is 1. The zero-order valence-electron chi connectivity index (χ0n) is 17.0. The summed E-state index contributed by atoms with van der Waals surface area (Å²) in [7, 11) is 0. The zero-order chi connectivity index (χ0) is 21.6. The number of hydrogen-bond donors (Lipinski definition) is 2. The fourth-order valence-electron chi connectivity index (χ4n) is 3.35. The van der Waals surface area contributed by atoms with Crippen LogP contribution in [0.2, 0.25) is 0 Å². The SMILES string of the molecule is Cc1ccc([C@@H](NC(=O)c2ccccc2NC(=O)c2ccco2)c2ccccc2)cc1. The molecule has 4 aromatic rings. The van der Waals surface area contributed by atoms with Crippen molar-refractivity contribution in [3.63, 3.8) is 0 Å². The van der Waals surface area contributed by atoms with E-state index in [4.69, 9.17) is 4.42 Å². The van der Waals surface area contributed by atoms with Gasteiger partial charge in [0.05, 0.1) is 23.6 Å². The van der Waals surface area contributed by atoms with E-state index in [1.165, 1.54) is 6.26 Å². The van der Waals surface area contributed by atoms with E-state index in [9.17, 15) is 9.59 Å². The van der Waals surface area contributed by atoms with Gasteiger partial charge in [0.2, 0.25) is 0 Å². The number of amides is 2. The summed E-state index contributed by atoms with van der Waals surface area (Å²) in [6, 6.07) is 27.7. The molecule has 1 atom stereocenters. The van der Waals surface area contributed by atoms with Crippen molar-refractivity contribution in [3.05, 3.63) is 125 Å². The molecule has 2 amide bonds. The van der Waals surface area contributed by atoms with Crippen molar-refractivity contribution in [2.45, 2.75) is 13.0 Å². The van der Waals surface area contributed by atoms with Gasteiger partial charge >= 0.3 is 0 Å². The number of carbonyl (C=O) groups is 2. The third-order valence-corrected chi connectivity index (χ3v) is 4.98. The van der Waals surface area contributed by atoms with E-state index in [0.717, 1.165) is 16.7 Å². The van der Waals surface area contributed by atoms with Gasteiger partial charge in [-0.2, -0.15) is 0 Å². The Morgan fingerprint density at radius 2 is 1.42 bits per heavy atom. The molecule has 0 radical (unpaired) electrons. The molecule has 0 aliphatic heterocycles. The average molecular weight is 410 g/mol. The first kappa shape index (κ1) is 20.2. The van der Waals surface area contributed by atoms with Crippen LogP contribution < -0.4 is 10.6 Å². The van der Waals surface area contributed by atoms with Crippen molar-refractivity contribution < 1.29 is 14.0 Å². The van der Waals surface area contributed by atoms with Gasteiger partial charge in [-0.15, -0.1) is 0 Å². The van der Waals surface area contributed by atoms with Gasteiger partial charge in [0.15, 0.2) is 5.76 Å². The molecular weight excluding hydrogens is 388 g/mol. The number of rotatable bonds is 6. The summed E-state index contributed by atoms with van der Waals surface area (Å²) in [5.74, 6) is -0.523. The molecule has 0 saturated carbocycles. The van der Waals surface area contributed by atoms with Gasteiger partial charge < -0.3 is 15.1 Å². The van der Waals surface area contributed by atoms with Crippen LogP contribution in [0.3, 0.4) is 0 Å². The average Bonchev–Trinajstić information content (AvgIpc) is 3.34. The summed E-state index contributed by atoms with van der Waals surface area (Å²) in [6.07, 6.45) is 1.43. The molecular formula is C26H22N2O3. The van der Waals surface area contributed by atoms with Gasteiger partial charge in [0, 0.05) is 0 Å². The number of benzene rings is 3. The van der Waals surface area contributed by atoms with Gasteiger partial charge in [-0.1, -0.05) is 72.3 Å². The second kappa shape index (κ2) is 9.13. The minimum Gasteiger partial charge on any atom is -0.459 e. The number of furan rings is 1. The van der Waals surface area contributed by atoms with Crippen molar-refractivity contribution in [2.24, 2.45) is 0 Å². The Morgan fingerprint density at radius 1 is 0.742 bits per heavy atom. The summed E-state index contributed by atoms with van der Waals surface area (Å²) < 4.78 is 5.15. The highest BCUT2D eigenvalue weighted by Crippen LogP contribution is 2.24. The molecule has 2 N–H and O–H groups in total. The molecule has 0 spiro atoms. The Bertz CT molecular complexity index is 1170. The maximum absolute atomic E-state index is 13.3. The minimum absolute atomic E-state index is 0.178. The van der Waals surface area contributed by atoms with Crippen LogP contribution in [0.1, 0.15) is 43.6 Å². The number of para-hydroxylation sites is 1. The molecule has 0 aliphatic carbocycles. The van der Waals surface area contributed by atoms with E-state index in [1.54, 1.807) is 36.4 Å². The van der Waals surface area contributed by atoms with Crippen LogP contribution in [0.25, 0.3) is 0 Å². The standard InChI is InChI=1S/C26H22N2O3/c1-18-13-15-20(16-14-18)24(19-8-3-2-4-9-19)28-25(29)21-10-5-6-11-22(21)27-26(30)23-12-7-17-31-23/h2-17,24H,1H3,(H,27,30)(H,28,29)/t24-/m0/s1. The molecule has 4 rings (SSSR count). The van der Waals surface area contributed by atoms with E-state index in [1.807, 2.05) is 61.5 Å². The highest BCUT2D eigenvalue weighted by molar-refractivity contribution is 6.08. The lowest BCUT2D eigenvalue weighted by Crippen LogP contribution is -2.30. The third-order valence-electron chi connectivity index (χ3n) is 4.98. The lowest BCUT2D eigenvalue weighted by atomic mass is 9.97. The van der Waals surface area contributed by atoms with Crippen LogP contribution >= 0.6 is 0 Å². The highest BCUT2D eigenvalue weighted by Gasteiger charge is 2.20. The predicted molar refractivity (Wildman–Crippen MR) is 120 cm³/mol. The molecule has 0 bridgehead atoms. The van der Waals surface area contributed by atoms with Crippen molar-refractivity contribution >= 4 is 17.5 Å². The first-order valence-corrected chi connectivity index (χ1v) is 9.98. The van der Waals surface area contributed by atoms with Crippen LogP contribution in [0.5, 0.6) is 0 Å². The van der Waals surface area contributed by atoms with Crippen molar-refractivity contribution in [1.82, 2.24) is 5.32 Å². The smallest absolute Gasteiger partial charge is 0.291 e. The Labute approximate surface area is 180 Å². The van der Waals surface area contributed by atoms with E-state index in [-0.39, 0.29) is 17.7 Å². The molecule has 0 saturated heterocycles. The maximum Gasteiger partial charge on any atom is 0.291 e. The Kier molecular flexibility index (Phi) is 5.94. The van der Waals surface area contributed by atoms with Gasteiger partial charge in [-0.3, -0.25) is 9.59 Å². The topological polar surface area (TPSA) is 71.3 Å². The van der Waals surface area contributed by atoms with Crippen LogP contribution in [-0.2, 0) is 0 Å². The van der Waals surface area contributed by atoms with Gasteiger partial charge in [-0.25, -0.2) is 0 Å². The van der Waals surface area contributed by atoms with Crippen LogP contribution in [-0.4, -0.2) is 11.8 Å². The lowest BCUT2D eigenvalue weighted by molar-refractivity contribution is 0.0944. The summed E-state index contributed by atoms with van der Waals surface area (Å²) in [4.78, 5) is 25.7. The van der Waals surface area contributed by atoms with E-state index >= 15 is 0 Å². The monoisotopic (exact) mass is 410 g/mol. The van der Waals surface area contributed by atoms with Gasteiger partial charge in [0.1, 0.15) is 0 Å². The van der Waals surface area contributed by atoms with Crippen molar-refractivity contribution in [1.29, 1.82) is 0 Å². The second-order valence-corrected chi connectivity index (χ2v) is 7.20. The number of nitrogens with one attached hydrogen (secondary N) is 2. The summed E-state index contributed by atoms with van der Waals surface area (Å²) in [5.41, 5.74) is 3.87. The maximum atomic E-state index is 13.3. The van der Waals surface area contributed by atoms with Crippen molar-refractivity contribution in [3.8, 4) is 0 Å². The van der Waals surface area contributed by atoms with Crippen molar-refractivity contribution in [2.75, 3.05) is 5.32 Å². The summed E-state index contributed by atoms with van der Waals surface area (Å²) in [5, 5.41) is 5.88. The van der Waals surface area contributed by atoms with Gasteiger partial charge in [0.25, 0.3) is 11.8 Å². The Balaban J connectivity index is 1.62. The summed E-state index contributed by atoms with van der Waals surface area (Å²) in [6.45, 7) is 2.03. The Morgan fingerprint density at radius 3 is 2.13 bits per heavy atom. The lowest BCUT2D eigenvalue weighted by Gasteiger charge is -2.21. The number of hydrogen-bond acceptors (Lipinski definition) is 3. The van der Waals surface area contributed by atoms with E-state index < -0.39 is 5.91 Å². The zero-order valence-corrected chi connectivity index (χ0v) is 17.0. The fraction of sp³-hybridized carbons (Fsp3) is 0.0769. The normalized spacial score (nSPS) is 11.5. The molecule has 0 aliphatic rings. The quantitative estimate of drug-likeness (QED) is 0.449. The van der Waals surface area contributed by atoms with Crippen LogP contribution in [0.4, 0.5) is 5.69 Å². The molecule has 0 unspecified atom stereocenters. The molecule has 3 aromatic carbocycles. The number of aryl methyl sites for hydroxylation is 1. The van der Waals surface area contributed by atoms with Gasteiger partial charge in [-0.05, 0) is 42.3 Å². The second-order valence-electron chi connectivity index (χ2n) is 7.20. The van der Waals surface area contributed by atoms with E-state index in [2.05, 4.69) is 10.6 Å². The molecule has 1 heterocycles. The van der Waals surface area contributed by atoms with Crippen LogP contribution in [0, 0.1) is 6.92 Å². The first-order valence-electron chi connectivity index (χ1n) is 9.98. The molecule has 154 valence electrons. The molecule has 31 heavy (non-hydrogen) atoms.